The summed E-state index contributed by atoms with van der Waals surface area (Å²) >= 11 is 0. The van der Waals surface area contributed by atoms with Crippen LogP contribution in [0.15, 0.2) is 6.07 Å². The highest BCUT2D eigenvalue weighted by Gasteiger charge is 2.20. The third-order valence-electron chi connectivity index (χ3n) is 2.77. The van der Waals surface area contributed by atoms with Crippen molar-refractivity contribution in [3.8, 4) is 0 Å². The van der Waals surface area contributed by atoms with Crippen molar-refractivity contribution in [1.82, 2.24) is 10.2 Å². The second-order valence-corrected chi connectivity index (χ2v) is 8.19. The van der Waals surface area contributed by atoms with Gasteiger partial charge >= 0.3 is 0 Å². The highest BCUT2D eigenvalue weighted by atomic mass is 32.2. The zero-order chi connectivity index (χ0) is 15.6. The first kappa shape index (κ1) is 16.6. The number of nitrogens with zero attached hydrogens (tertiary/aromatic N) is 1. The van der Waals surface area contributed by atoms with Gasteiger partial charge in [-0.2, -0.15) is 5.10 Å². The highest BCUT2D eigenvalue weighted by Crippen LogP contribution is 2.21. The van der Waals surface area contributed by atoms with Gasteiger partial charge in [0.25, 0.3) is 0 Å². The molecule has 20 heavy (non-hydrogen) atoms. The van der Waals surface area contributed by atoms with Gasteiger partial charge in [-0.15, -0.1) is 0 Å². The molecule has 8 heteroatoms. The van der Waals surface area contributed by atoms with Crippen LogP contribution < -0.4 is 11.1 Å². The molecule has 7 nitrogen and oxygen atoms in total. The Bertz CT molecular complexity index is 572. The number of carbonyl (C=O) groups excluding carboxylic acids is 1. The molecule has 0 aliphatic rings. The van der Waals surface area contributed by atoms with Crippen LogP contribution in [0, 0.1) is 0 Å². The minimum absolute atomic E-state index is 0.0845. The molecule has 4 N–H and O–H groups in total. The van der Waals surface area contributed by atoms with Crippen LogP contribution in [-0.4, -0.2) is 42.6 Å². The van der Waals surface area contributed by atoms with Crippen molar-refractivity contribution in [2.24, 2.45) is 5.73 Å². The van der Waals surface area contributed by atoms with Crippen molar-refractivity contribution in [2.45, 2.75) is 38.6 Å². The number of rotatable bonds is 5. The van der Waals surface area contributed by atoms with E-state index in [1.165, 1.54) is 0 Å². The lowest BCUT2D eigenvalue weighted by Gasteiger charge is -2.14. The Morgan fingerprint density at radius 2 is 2.10 bits per heavy atom. The number of hydrogen-bond acceptors (Lipinski definition) is 5. The smallest absolute Gasteiger partial charge is 0.242 e. The van der Waals surface area contributed by atoms with Crippen LogP contribution >= 0.6 is 0 Å². The zero-order valence-corrected chi connectivity index (χ0v) is 13.0. The summed E-state index contributed by atoms with van der Waals surface area (Å²) < 4.78 is 22.1. The molecule has 0 spiro atoms. The van der Waals surface area contributed by atoms with Crippen molar-refractivity contribution >= 4 is 21.6 Å². The number of nitrogens with two attached hydrogens (primary N) is 1. The van der Waals surface area contributed by atoms with E-state index in [9.17, 15) is 13.2 Å². The Labute approximate surface area is 119 Å². The summed E-state index contributed by atoms with van der Waals surface area (Å²) in [5, 5.41) is 9.40. The molecule has 0 aliphatic carbocycles. The van der Waals surface area contributed by atoms with Gasteiger partial charge in [-0.3, -0.25) is 9.89 Å². The van der Waals surface area contributed by atoms with E-state index in [2.05, 4.69) is 15.5 Å². The van der Waals surface area contributed by atoms with Crippen molar-refractivity contribution in [3.63, 3.8) is 0 Å². The van der Waals surface area contributed by atoms with Gasteiger partial charge in [0, 0.05) is 23.4 Å². The molecule has 0 aromatic carbocycles. The van der Waals surface area contributed by atoms with Gasteiger partial charge in [0.2, 0.25) is 5.91 Å². The molecular weight excluding hydrogens is 280 g/mol. The van der Waals surface area contributed by atoms with E-state index >= 15 is 0 Å². The maximum absolute atomic E-state index is 11.8. The van der Waals surface area contributed by atoms with E-state index in [4.69, 9.17) is 5.73 Å². The molecule has 1 aromatic heterocycles. The monoisotopic (exact) mass is 302 g/mol. The van der Waals surface area contributed by atoms with Gasteiger partial charge in [0.15, 0.2) is 5.82 Å². The average molecular weight is 302 g/mol. The summed E-state index contributed by atoms with van der Waals surface area (Å²) in [6.07, 6.45) is 1.20. The van der Waals surface area contributed by atoms with E-state index < -0.39 is 21.8 Å². The van der Waals surface area contributed by atoms with Crippen LogP contribution in [0.25, 0.3) is 0 Å². The number of aromatic nitrogens is 2. The number of anilines is 1. The molecule has 1 heterocycles. The lowest BCUT2D eigenvalue weighted by atomic mass is 9.92. The van der Waals surface area contributed by atoms with E-state index in [1.54, 1.807) is 6.07 Å². The summed E-state index contributed by atoms with van der Waals surface area (Å²) in [5.74, 6) is -0.176. The fourth-order valence-corrected chi connectivity index (χ4v) is 2.14. The van der Waals surface area contributed by atoms with Gasteiger partial charge in [0.05, 0.1) is 11.8 Å². The highest BCUT2D eigenvalue weighted by molar-refractivity contribution is 7.90. The van der Waals surface area contributed by atoms with E-state index in [-0.39, 0.29) is 17.6 Å². The minimum Gasteiger partial charge on any atom is -0.320 e. The molecule has 0 saturated heterocycles. The third-order valence-corrected chi connectivity index (χ3v) is 3.75. The van der Waals surface area contributed by atoms with Crippen LogP contribution in [0.3, 0.4) is 0 Å². The normalized spacial score (nSPS) is 14.1. The van der Waals surface area contributed by atoms with Gasteiger partial charge < -0.3 is 11.1 Å². The molecule has 1 aromatic rings. The van der Waals surface area contributed by atoms with Crippen molar-refractivity contribution in [3.05, 3.63) is 11.8 Å². The Kier molecular flexibility index (Phi) is 4.93. The average Bonchev–Trinajstić information content (AvgIpc) is 2.72. The summed E-state index contributed by atoms with van der Waals surface area (Å²) in [4.78, 5) is 11.8. The van der Waals surface area contributed by atoms with Crippen LogP contribution in [0.1, 0.15) is 32.9 Å². The van der Waals surface area contributed by atoms with Crippen LogP contribution in [0.4, 0.5) is 5.82 Å². The summed E-state index contributed by atoms with van der Waals surface area (Å²) in [6.45, 7) is 6.05. The Balaban J connectivity index is 2.60. The van der Waals surface area contributed by atoms with Gasteiger partial charge in [-0.1, -0.05) is 20.8 Å². The lowest BCUT2D eigenvalue weighted by Crippen LogP contribution is -2.37. The molecule has 1 atom stereocenters. The maximum atomic E-state index is 11.8. The van der Waals surface area contributed by atoms with E-state index in [0.717, 1.165) is 11.9 Å². The topological polar surface area (TPSA) is 118 Å². The number of aromatic amines is 1. The number of carbonyl (C=O) groups is 1. The van der Waals surface area contributed by atoms with Crippen LogP contribution in [0.5, 0.6) is 0 Å². The molecule has 114 valence electrons. The maximum Gasteiger partial charge on any atom is 0.242 e. The molecular formula is C12H22N4O3S. The summed E-state index contributed by atoms with van der Waals surface area (Å²) in [7, 11) is -3.12. The molecule has 1 unspecified atom stereocenters. The first-order valence-electron chi connectivity index (χ1n) is 6.29. The van der Waals surface area contributed by atoms with Gasteiger partial charge in [0.1, 0.15) is 9.84 Å². The predicted molar refractivity (Wildman–Crippen MR) is 78.2 cm³/mol. The standard InChI is InChI=1S/C12H22N4O3S/c1-12(2,3)9-7-10(16-15-9)14-11(17)8(13)5-6-20(4,18)19/h7-8H,5-6,13H2,1-4H3,(H2,14,15,16,17). The molecule has 0 radical (unpaired) electrons. The SMILES string of the molecule is CC(C)(C)c1cc(NC(=O)C(N)CCS(C)(=O)=O)n[nH]1. The minimum atomic E-state index is -3.12. The first-order chi connectivity index (χ1) is 8.99. The first-order valence-corrected chi connectivity index (χ1v) is 8.35. The second-order valence-electron chi connectivity index (χ2n) is 5.93. The van der Waals surface area contributed by atoms with Crippen LogP contribution in [-0.2, 0) is 20.0 Å². The Morgan fingerprint density at radius 1 is 1.50 bits per heavy atom. The summed E-state index contributed by atoms with van der Waals surface area (Å²) in [5.41, 5.74) is 6.43. The molecule has 1 amide bonds. The number of hydrogen-bond donors (Lipinski definition) is 3. The van der Waals surface area contributed by atoms with Crippen molar-refractivity contribution in [2.75, 3.05) is 17.3 Å². The molecule has 0 fully saturated rings. The third kappa shape index (κ3) is 5.30. The Hall–Kier alpha value is -1.41. The van der Waals surface area contributed by atoms with Crippen molar-refractivity contribution in [1.29, 1.82) is 0 Å². The number of amides is 1. The predicted octanol–water partition coefficient (Wildman–Crippen LogP) is 0.408. The zero-order valence-electron chi connectivity index (χ0n) is 12.2. The Morgan fingerprint density at radius 3 is 2.55 bits per heavy atom. The van der Waals surface area contributed by atoms with Crippen LogP contribution in [0.2, 0.25) is 0 Å². The molecule has 0 aliphatic heterocycles. The fraction of sp³-hybridized carbons (Fsp3) is 0.667. The summed E-state index contributed by atoms with van der Waals surface area (Å²) in [6, 6.07) is 0.862. The second kappa shape index (κ2) is 5.92. The largest absolute Gasteiger partial charge is 0.320 e. The number of nitrogens with one attached hydrogen (secondary N) is 2. The van der Waals surface area contributed by atoms with Crippen molar-refractivity contribution < 1.29 is 13.2 Å². The molecule has 0 bridgehead atoms. The quantitative estimate of drug-likeness (QED) is 0.728. The molecule has 0 saturated carbocycles. The van der Waals surface area contributed by atoms with Gasteiger partial charge in [-0.25, -0.2) is 8.42 Å². The molecule has 1 rings (SSSR count). The van der Waals surface area contributed by atoms with Gasteiger partial charge in [-0.05, 0) is 6.42 Å². The van der Waals surface area contributed by atoms with E-state index in [0.29, 0.717) is 5.82 Å². The van der Waals surface area contributed by atoms with E-state index in [1.807, 2.05) is 20.8 Å². The number of H-pyrrole nitrogens is 1. The fourth-order valence-electron chi connectivity index (χ4n) is 1.46. The number of sulfone groups is 1. The lowest BCUT2D eigenvalue weighted by molar-refractivity contribution is -0.117.